The summed E-state index contributed by atoms with van der Waals surface area (Å²) in [5, 5.41) is 9.98. The molecule has 3 heterocycles. The Morgan fingerprint density at radius 2 is 1.66 bits per heavy atom. The third-order valence-corrected chi connectivity index (χ3v) is 6.74. The van der Waals surface area contributed by atoms with Crippen molar-refractivity contribution in [2.24, 2.45) is 11.8 Å². The molecule has 0 aromatic heterocycles. The summed E-state index contributed by atoms with van der Waals surface area (Å²) in [7, 11) is 0. The zero-order valence-electron chi connectivity index (χ0n) is 17.6. The number of nitrogens with one attached hydrogen (secondary N) is 1. The Morgan fingerprint density at radius 1 is 1.06 bits per heavy atom. The fraction of sp³-hybridized carbons (Fsp3) is 0.900. The Morgan fingerprint density at radius 3 is 2.19 bits per heavy atom. The summed E-state index contributed by atoms with van der Waals surface area (Å²) in [6.45, 7) is 5.01. The fourth-order valence-corrected chi connectivity index (χ4v) is 4.85. The average molecular weight is 472 g/mol. The number of halogens is 5. The molecule has 1 unspecified atom stereocenters. The lowest BCUT2D eigenvalue weighted by Gasteiger charge is -2.54. The zero-order valence-corrected chi connectivity index (χ0v) is 17.6. The van der Waals surface area contributed by atoms with E-state index in [1.165, 1.54) is 0 Å². The quantitative estimate of drug-likeness (QED) is 0.598. The molecule has 3 aliphatic heterocycles. The number of ether oxygens (including phenoxy) is 2. The summed E-state index contributed by atoms with van der Waals surface area (Å²) in [5.41, 5.74) is -0.0491. The van der Waals surface area contributed by atoms with Gasteiger partial charge in [0.1, 0.15) is 0 Å². The van der Waals surface area contributed by atoms with Crippen LogP contribution in [0.5, 0.6) is 0 Å². The highest BCUT2D eigenvalue weighted by atomic mass is 19.4. The van der Waals surface area contributed by atoms with E-state index >= 15 is 0 Å². The predicted molar refractivity (Wildman–Crippen MR) is 101 cm³/mol. The monoisotopic (exact) mass is 472 g/mol. The van der Waals surface area contributed by atoms with Crippen LogP contribution in [-0.4, -0.2) is 85.1 Å². The molecular weight excluding hydrogens is 443 g/mol. The Bertz CT molecular complexity index is 670. The number of carboxylic acid groups (broad SMARTS) is 1. The Hall–Kier alpha value is -1.53. The molecule has 0 aromatic rings. The lowest BCUT2D eigenvalue weighted by molar-refractivity contribution is -0.192. The van der Waals surface area contributed by atoms with Crippen LogP contribution >= 0.6 is 0 Å². The maximum Gasteiger partial charge on any atom is 0.490 e. The fourth-order valence-electron chi connectivity index (χ4n) is 4.85. The Kier molecular flexibility index (Phi) is 7.66. The van der Waals surface area contributed by atoms with E-state index in [4.69, 9.17) is 19.4 Å². The van der Waals surface area contributed by atoms with Gasteiger partial charge in [-0.2, -0.15) is 13.2 Å². The van der Waals surface area contributed by atoms with Gasteiger partial charge in [-0.3, -0.25) is 9.69 Å². The number of nitrogens with zero attached hydrogens (tertiary/aromatic N) is 1. The SMILES string of the molecule is O=C(NCCC1CCOC12CN(C1CCOCC1)C2)C1CC(F)(F)C1.O=C(O)C(F)(F)F. The molecule has 0 aromatic carbocycles. The number of hydrogen-bond donors (Lipinski definition) is 2. The molecule has 12 heteroatoms. The van der Waals surface area contributed by atoms with Crippen molar-refractivity contribution in [1.82, 2.24) is 10.2 Å². The van der Waals surface area contributed by atoms with Crippen LogP contribution in [0.2, 0.25) is 0 Å². The smallest absolute Gasteiger partial charge is 0.475 e. The van der Waals surface area contributed by atoms with Crippen molar-refractivity contribution in [1.29, 1.82) is 0 Å². The van der Waals surface area contributed by atoms with Crippen LogP contribution in [0.4, 0.5) is 22.0 Å². The van der Waals surface area contributed by atoms with E-state index in [9.17, 15) is 26.7 Å². The van der Waals surface area contributed by atoms with Gasteiger partial charge in [-0.1, -0.05) is 0 Å². The van der Waals surface area contributed by atoms with E-state index < -0.39 is 24.0 Å². The van der Waals surface area contributed by atoms with Gasteiger partial charge in [0.05, 0.1) is 5.60 Å². The maximum atomic E-state index is 12.9. The summed E-state index contributed by atoms with van der Waals surface area (Å²) >= 11 is 0. The Labute approximate surface area is 182 Å². The molecule has 7 nitrogen and oxygen atoms in total. The average Bonchev–Trinajstić information content (AvgIpc) is 3.09. The summed E-state index contributed by atoms with van der Waals surface area (Å²) in [4.78, 5) is 23.3. The van der Waals surface area contributed by atoms with Gasteiger partial charge in [0.2, 0.25) is 11.8 Å². The third kappa shape index (κ3) is 6.07. The zero-order chi connectivity index (χ0) is 23.6. The first-order valence-electron chi connectivity index (χ1n) is 10.8. The first-order chi connectivity index (χ1) is 14.9. The van der Waals surface area contributed by atoms with Gasteiger partial charge in [0.15, 0.2) is 0 Å². The molecule has 2 N–H and O–H groups in total. The van der Waals surface area contributed by atoms with E-state index in [-0.39, 0.29) is 24.3 Å². The van der Waals surface area contributed by atoms with E-state index in [0.717, 1.165) is 58.6 Å². The molecule has 1 spiro atoms. The molecule has 4 fully saturated rings. The van der Waals surface area contributed by atoms with Gasteiger partial charge in [-0.25, -0.2) is 13.6 Å². The van der Waals surface area contributed by atoms with E-state index in [0.29, 0.717) is 18.5 Å². The van der Waals surface area contributed by atoms with Gasteiger partial charge in [-0.15, -0.1) is 0 Å². The second-order valence-electron chi connectivity index (χ2n) is 8.99. The molecule has 4 aliphatic rings. The second kappa shape index (κ2) is 9.76. The molecule has 32 heavy (non-hydrogen) atoms. The van der Waals surface area contributed by atoms with Crippen molar-refractivity contribution in [3.8, 4) is 0 Å². The minimum Gasteiger partial charge on any atom is -0.475 e. The van der Waals surface area contributed by atoms with Crippen molar-refractivity contribution in [3.05, 3.63) is 0 Å². The highest BCUT2D eigenvalue weighted by Crippen LogP contribution is 2.44. The van der Waals surface area contributed by atoms with E-state index in [1.54, 1.807) is 0 Å². The normalized spacial score (nSPS) is 27.7. The molecule has 1 atom stereocenters. The summed E-state index contributed by atoms with van der Waals surface area (Å²) in [6.07, 6.45) is -1.58. The largest absolute Gasteiger partial charge is 0.490 e. The van der Waals surface area contributed by atoms with E-state index in [1.807, 2.05) is 0 Å². The van der Waals surface area contributed by atoms with Crippen LogP contribution in [0.25, 0.3) is 0 Å². The number of alkyl halides is 5. The van der Waals surface area contributed by atoms with Crippen molar-refractivity contribution >= 4 is 11.9 Å². The van der Waals surface area contributed by atoms with Crippen LogP contribution in [0.3, 0.4) is 0 Å². The molecule has 0 bridgehead atoms. The number of carbonyl (C=O) groups excluding carboxylic acids is 1. The number of amides is 1. The number of likely N-dealkylation sites (tertiary alicyclic amines) is 1. The van der Waals surface area contributed by atoms with Crippen LogP contribution in [0.15, 0.2) is 0 Å². The van der Waals surface area contributed by atoms with Crippen molar-refractivity contribution < 1.29 is 46.1 Å². The van der Waals surface area contributed by atoms with Crippen LogP contribution in [-0.2, 0) is 19.1 Å². The molecule has 4 rings (SSSR count). The van der Waals surface area contributed by atoms with Crippen molar-refractivity contribution in [3.63, 3.8) is 0 Å². The second-order valence-corrected chi connectivity index (χ2v) is 8.99. The lowest BCUT2D eigenvalue weighted by atomic mass is 9.77. The van der Waals surface area contributed by atoms with Crippen LogP contribution in [0, 0.1) is 11.8 Å². The number of rotatable bonds is 5. The highest BCUT2D eigenvalue weighted by Gasteiger charge is 2.54. The number of carbonyl (C=O) groups is 2. The van der Waals surface area contributed by atoms with Crippen molar-refractivity contribution in [2.45, 2.75) is 62.3 Å². The molecule has 1 aliphatic carbocycles. The summed E-state index contributed by atoms with van der Waals surface area (Å²) in [6, 6.07) is 0.615. The standard InChI is InChI=1S/C18H28F2N2O3.C2HF3O2/c19-18(20)9-13(10-18)16(23)21-5-1-14-2-8-25-17(14)11-22(12-17)15-3-6-24-7-4-15;3-2(4,5)1(6)7/h13-15H,1-12H2,(H,21,23);(H,6,7). The van der Waals surface area contributed by atoms with Gasteiger partial charge in [0, 0.05) is 64.3 Å². The first kappa shape index (κ1) is 25.1. The molecule has 0 radical (unpaired) electrons. The predicted octanol–water partition coefficient (Wildman–Crippen LogP) is 2.44. The third-order valence-electron chi connectivity index (χ3n) is 6.74. The highest BCUT2D eigenvalue weighted by molar-refractivity contribution is 5.79. The minimum absolute atomic E-state index is 0.0491. The van der Waals surface area contributed by atoms with Crippen LogP contribution in [0.1, 0.15) is 38.5 Å². The van der Waals surface area contributed by atoms with Gasteiger partial charge in [0.25, 0.3) is 0 Å². The molecule has 184 valence electrons. The summed E-state index contributed by atoms with van der Waals surface area (Å²) in [5.74, 6) is -5.66. The van der Waals surface area contributed by atoms with Crippen molar-refractivity contribution in [2.75, 3.05) is 39.5 Å². The van der Waals surface area contributed by atoms with Gasteiger partial charge in [-0.05, 0) is 31.6 Å². The molecular formula is C20H29F5N2O5. The lowest BCUT2D eigenvalue weighted by Crippen LogP contribution is -2.67. The first-order valence-corrected chi connectivity index (χ1v) is 10.8. The maximum absolute atomic E-state index is 12.9. The number of carboxylic acids is 1. The number of hydrogen-bond acceptors (Lipinski definition) is 5. The molecule has 1 saturated carbocycles. The topological polar surface area (TPSA) is 88.1 Å². The van der Waals surface area contributed by atoms with Gasteiger partial charge >= 0.3 is 12.1 Å². The molecule has 3 saturated heterocycles. The summed E-state index contributed by atoms with van der Waals surface area (Å²) < 4.78 is 69.0. The minimum atomic E-state index is -5.08. The molecule has 1 amide bonds. The van der Waals surface area contributed by atoms with Gasteiger partial charge < -0.3 is 19.9 Å². The van der Waals surface area contributed by atoms with E-state index in [2.05, 4.69) is 10.2 Å². The van der Waals surface area contributed by atoms with Crippen LogP contribution < -0.4 is 5.32 Å². The Balaban J connectivity index is 0.000000360. The number of aliphatic carboxylic acids is 1.